The second kappa shape index (κ2) is 8.32. The van der Waals surface area contributed by atoms with E-state index >= 15 is 0 Å². The molecule has 1 amide bonds. The second-order valence-corrected chi connectivity index (χ2v) is 6.65. The monoisotopic (exact) mass is 350 g/mol. The van der Waals surface area contributed by atoms with Crippen LogP contribution in [0.2, 0.25) is 0 Å². The summed E-state index contributed by atoms with van der Waals surface area (Å²) in [7, 11) is 4.72. The number of benzene rings is 1. The predicted octanol–water partition coefficient (Wildman–Crippen LogP) is 3.30. The van der Waals surface area contributed by atoms with E-state index in [1.165, 1.54) is 6.42 Å². The van der Waals surface area contributed by atoms with Gasteiger partial charge >= 0.3 is 0 Å². The summed E-state index contributed by atoms with van der Waals surface area (Å²) in [6.07, 6.45) is 3.31. The van der Waals surface area contributed by atoms with Gasteiger partial charge in [0.25, 0.3) is 0 Å². The van der Waals surface area contributed by atoms with Gasteiger partial charge in [-0.3, -0.25) is 4.79 Å². The van der Waals surface area contributed by atoms with E-state index < -0.39 is 0 Å². The van der Waals surface area contributed by atoms with Crippen LogP contribution in [0.5, 0.6) is 17.2 Å². The molecule has 1 heterocycles. The molecule has 140 valence electrons. The molecule has 0 radical (unpaired) electrons. The van der Waals surface area contributed by atoms with Crippen LogP contribution in [0.15, 0.2) is 12.1 Å². The van der Waals surface area contributed by atoms with Crippen molar-refractivity contribution in [2.75, 3.05) is 26.6 Å². The van der Waals surface area contributed by atoms with E-state index in [4.69, 9.17) is 14.2 Å². The molecule has 1 aromatic carbocycles. The van der Waals surface area contributed by atoms with Crippen LogP contribution in [-0.2, 0) is 4.79 Å². The molecule has 2 rings (SSSR count). The molecule has 1 aliphatic heterocycles. The van der Waals surface area contributed by atoms with Gasteiger partial charge in [0, 0.05) is 29.9 Å². The van der Waals surface area contributed by atoms with Crippen LogP contribution in [-0.4, -0.2) is 50.3 Å². The first kappa shape index (κ1) is 19.2. The lowest BCUT2D eigenvalue weighted by Crippen LogP contribution is -2.52. The zero-order chi connectivity index (χ0) is 18.6. The average Bonchev–Trinajstić information content (AvgIpc) is 2.60. The van der Waals surface area contributed by atoms with Crippen molar-refractivity contribution in [2.45, 2.75) is 58.2 Å². The lowest BCUT2D eigenvalue weighted by atomic mass is 9.96. The maximum atomic E-state index is 12.9. The number of carbonyl (C=O) groups is 1. The molecule has 1 N–H and O–H groups in total. The molecule has 0 bridgehead atoms. The average molecular weight is 350 g/mol. The first-order valence-corrected chi connectivity index (χ1v) is 8.81. The number of hydrogen-bond acceptors (Lipinski definition) is 5. The highest BCUT2D eigenvalue weighted by Crippen LogP contribution is 2.40. The van der Waals surface area contributed by atoms with E-state index in [1.54, 1.807) is 21.3 Å². The number of piperidine rings is 1. The number of rotatable bonds is 6. The van der Waals surface area contributed by atoms with E-state index in [0.717, 1.165) is 18.5 Å². The molecule has 1 aromatic rings. The number of nitrogens with zero attached hydrogens (tertiary/aromatic N) is 1. The number of carbonyl (C=O) groups excluding carboxylic acids is 1. The Morgan fingerprint density at radius 2 is 1.60 bits per heavy atom. The fraction of sp³-hybridized carbons (Fsp3) is 0.632. The largest absolute Gasteiger partial charge is 0.493 e. The topological polar surface area (TPSA) is 60.0 Å². The number of anilines is 1. The Bertz CT molecular complexity index is 570. The van der Waals surface area contributed by atoms with Gasteiger partial charge in [0.2, 0.25) is 11.7 Å². The van der Waals surface area contributed by atoms with Crippen molar-refractivity contribution in [3.63, 3.8) is 0 Å². The highest BCUT2D eigenvalue weighted by atomic mass is 16.5. The fourth-order valence-electron chi connectivity index (χ4n) is 3.56. The minimum atomic E-state index is -0.342. The van der Waals surface area contributed by atoms with Gasteiger partial charge < -0.3 is 24.4 Å². The van der Waals surface area contributed by atoms with E-state index in [-0.39, 0.29) is 24.0 Å². The molecular formula is C19H30N2O4. The summed E-state index contributed by atoms with van der Waals surface area (Å²) in [5.41, 5.74) is 0.757. The minimum Gasteiger partial charge on any atom is -0.493 e. The summed E-state index contributed by atoms with van der Waals surface area (Å²) >= 11 is 0. The SMILES string of the molecule is COc1cc(N[C@H](C)C(=O)N2[C@H](C)CCC[C@H]2C)cc(OC)c1OC. The third-order valence-electron chi connectivity index (χ3n) is 4.87. The summed E-state index contributed by atoms with van der Waals surface area (Å²) in [4.78, 5) is 14.9. The van der Waals surface area contributed by atoms with Gasteiger partial charge in [-0.05, 0) is 40.0 Å². The molecule has 0 spiro atoms. The Morgan fingerprint density at radius 1 is 1.08 bits per heavy atom. The molecular weight excluding hydrogens is 320 g/mol. The van der Waals surface area contributed by atoms with Crippen molar-refractivity contribution in [1.82, 2.24) is 4.90 Å². The lowest BCUT2D eigenvalue weighted by Gasteiger charge is -2.40. The second-order valence-electron chi connectivity index (χ2n) is 6.65. The number of amides is 1. The van der Waals surface area contributed by atoms with Crippen molar-refractivity contribution < 1.29 is 19.0 Å². The smallest absolute Gasteiger partial charge is 0.245 e. The van der Waals surface area contributed by atoms with E-state index in [1.807, 2.05) is 24.0 Å². The molecule has 1 aliphatic rings. The van der Waals surface area contributed by atoms with E-state index in [0.29, 0.717) is 17.2 Å². The molecule has 0 saturated carbocycles. The van der Waals surface area contributed by atoms with Crippen LogP contribution in [0, 0.1) is 0 Å². The molecule has 6 heteroatoms. The van der Waals surface area contributed by atoms with Crippen LogP contribution >= 0.6 is 0 Å². The standard InChI is InChI=1S/C19H30N2O4/c1-12-8-7-9-13(2)21(12)19(22)14(3)20-15-10-16(23-4)18(25-6)17(11-15)24-5/h10-14,20H,7-9H2,1-6H3/t12-,13-,14-/m1/s1. The van der Waals surface area contributed by atoms with Crippen molar-refractivity contribution in [2.24, 2.45) is 0 Å². The molecule has 25 heavy (non-hydrogen) atoms. The van der Waals surface area contributed by atoms with Crippen LogP contribution < -0.4 is 19.5 Å². The zero-order valence-electron chi connectivity index (χ0n) is 16.1. The molecule has 6 nitrogen and oxygen atoms in total. The van der Waals surface area contributed by atoms with Gasteiger partial charge in [-0.25, -0.2) is 0 Å². The zero-order valence-corrected chi connectivity index (χ0v) is 16.1. The molecule has 0 aliphatic carbocycles. The molecule has 3 atom stereocenters. The lowest BCUT2D eigenvalue weighted by molar-refractivity contribution is -0.137. The first-order valence-electron chi connectivity index (χ1n) is 8.81. The van der Waals surface area contributed by atoms with Gasteiger partial charge in [-0.2, -0.15) is 0 Å². The summed E-state index contributed by atoms with van der Waals surface area (Å²) in [5.74, 6) is 1.77. The Balaban J connectivity index is 2.19. The predicted molar refractivity (Wildman–Crippen MR) is 98.8 cm³/mol. The number of methoxy groups -OCH3 is 3. The van der Waals surface area contributed by atoms with E-state index in [9.17, 15) is 4.79 Å². The quantitative estimate of drug-likeness (QED) is 0.853. The normalized spacial score (nSPS) is 21.4. The molecule has 0 unspecified atom stereocenters. The van der Waals surface area contributed by atoms with Crippen LogP contribution in [0.4, 0.5) is 5.69 Å². The van der Waals surface area contributed by atoms with E-state index in [2.05, 4.69) is 19.2 Å². The van der Waals surface area contributed by atoms with Crippen LogP contribution in [0.1, 0.15) is 40.0 Å². The van der Waals surface area contributed by atoms with Gasteiger partial charge in [0.05, 0.1) is 21.3 Å². The van der Waals surface area contributed by atoms with Crippen molar-refractivity contribution in [3.8, 4) is 17.2 Å². The Hall–Kier alpha value is -2.11. The Kier molecular flexibility index (Phi) is 6.39. The molecule has 1 saturated heterocycles. The van der Waals surface area contributed by atoms with Gasteiger partial charge in [-0.1, -0.05) is 0 Å². The maximum absolute atomic E-state index is 12.9. The summed E-state index contributed by atoms with van der Waals surface area (Å²) in [6, 6.07) is 3.84. The molecule has 0 aromatic heterocycles. The Labute approximate surface area is 150 Å². The Morgan fingerprint density at radius 3 is 2.04 bits per heavy atom. The fourth-order valence-corrected chi connectivity index (χ4v) is 3.56. The third kappa shape index (κ3) is 4.11. The third-order valence-corrected chi connectivity index (χ3v) is 4.87. The molecule has 1 fully saturated rings. The van der Waals surface area contributed by atoms with Crippen molar-refractivity contribution >= 4 is 11.6 Å². The van der Waals surface area contributed by atoms with Crippen LogP contribution in [0.3, 0.4) is 0 Å². The summed E-state index contributed by atoms with van der Waals surface area (Å²) in [6.45, 7) is 6.14. The first-order chi connectivity index (χ1) is 11.9. The van der Waals surface area contributed by atoms with Gasteiger partial charge in [-0.15, -0.1) is 0 Å². The number of nitrogens with one attached hydrogen (secondary N) is 1. The number of likely N-dealkylation sites (tertiary alicyclic amines) is 1. The van der Waals surface area contributed by atoms with Crippen molar-refractivity contribution in [1.29, 1.82) is 0 Å². The summed E-state index contributed by atoms with van der Waals surface area (Å²) < 4.78 is 16.1. The highest BCUT2D eigenvalue weighted by molar-refractivity contribution is 5.85. The van der Waals surface area contributed by atoms with Gasteiger partial charge in [0.1, 0.15) is 6.04 Å². The van der Waals surface area contributed by atoms with Crippen molar-refractivity contribution in [3.05, 3.63) is 12.1 Å². The van der Waals surface area contributed by atoms with Crippen LogP contribution in [0.25, 0.3) is 0 Å². The maximum Gasteiger partial charge on any atom is 0.245 e. The summed E-state index contributed by atoms with van der Waals surface area (Å²) in [5, 5.41) is 3.27. The van der Waals surface area contributed by atoms with Gasteiger partial charge in [0.15, 0.2) is 11.5 Å². The highest BCUT2D eigenvalue weighted by Gasteiger charge is 2.31. The minimum absolute atomic E-state index is 0.119. The number of ether oxygens (including phenoxy) is 3. The number of hydrogen-bond donors (Lipinski definition) is 1.